The van der Waals surface area contributed by atoms with Crippen molar-refractivity contribution in [2.24, 2.45) is 0 Å². The van der Waals surface area contributed by atoms with E-state index in [0.717, 1.165) is 53.7 Å². The second-order valence-electron chi connectivity index (χ2n) is 8.04. The number of aromatic nitrogens is 1. The fraction of sp³-hybridized carbons (Fsp3) is 0.107. The van der Waals surface area contributed by atoms with Crippen LogP contribution in [0.4, 0.5) is 5.69 Å². The molecule has 4 nitrogen and oxygen atoms in total. The van der Waals surface area contributed by atoms with E-state index in [2.05, 4.69) is 64.5 Å². The van der Waals surface area contributed by atoms with Gasteiger partial charge in [-0.25, -0.2) is 0 Å². The van der Waals surface area contributed by atoms with E-state index >= 15 is 0 Å². The molecule has 1 aromatic heterocycles. The standard InChI is InChI=1S/C28H22N2O2/c1-2-9-20(10-3-1)22-16-17-26-24(19-22)30-18-8-12-21(28(30)32-26)11-4-7-15-27-29-23-13-5-6-14-25(23)31-27/h1-7,9-11,13-17,19H,8,12,18H2/p+1. The van der Waals surface area contributed by atoms with Crippen LogP contribution in [-0.4, -0.2) is 0 Å². The highest BCUT2D eigenvalue weighted by atomic mass is 16.5. The van der Waals surface area contributed by atoms with Crippen LogP contribution in [-0.2, 0) is 6.54 Å². The fourth-order valence-corrected chi connectivity index (χ4v) is 4.37. The van der Waals surface area contributed by atoms with Crippen LogP contribution in [0.15, 0.2) is 107 Å². The number of anilines is 1. The van der Waals surface area contributed by atoms with Crippen LogP contribution < -0.4 is 14.6 Å². The Bertz CT molecular complexity index is 1370. The lowest BCUT2D eigenvalue weighted by molar-refractivity contribution is -0.682. The van der Waals surface area contributed by atoms with Gasteiger partial charge in [0.05, 0.1) is 11.3 Å². The lowest BCUT2D eigenvalue weighted by atomic mass is 10.0. The Balaban J connectivity index is 1.27. The van der Waals surface area contributed by atoms with E-state index in [-0.39, 0.29) is 0 Å². The molecule has 0 radical (unpaired) electrons. The van der Waals surface area contributed by atoms with Crippen molar-refractivity contribution in [2.45, 2.75) is 19.4 Å². The van der Waals surface area contributed by atoms with Gasteiger partial charge in [-0.2, -0.15) is 4.57 Å². The molecule has 1 N–H and O–H groups in total. The van der Waals surface area contributed by atoms with Crippen molar-refractivity contribution in [1.29, 1.82) is 0 Å². The molecular weight excluding hydrogens is 396 g/mol. The molecule has 32 heavy (non-hydrogen) atoms. The number of ether oxygens (including phenoxy) is 1. The highest BCUT2D eigenvalue weighted by Crippen LogP contribution is 2.33. The summed E-state index contributed by atoms with van der Waals surface area (Å²) in [6.07, 6.45) is 10.2. The maximum atomic E-state index is 6.28. The molecule has 2 aliphatic rings. The van der Waals surface area contributed by atoms with Crippen molar-refractivity contribution < 1.29 is 13.7 Å². The number of hydrogen-bond acceptors (Lipinski definition) is 3. The van der Waals surface area contributed by atoms with Crippen LogP contribution in [0.1, 0.15) is 18.7 Å². The summed E-state index contributed by atoms with van der Waals surface area (Å²) in [5.41, 5.74) is 6.72. The molecule has 3 aromatic carbocycles. The van der Waals surface area contributed by atoms with Gasteiger partial charge in [-0.3, -0.25) is 0 Å². The molecule has 3 heterocycles. The van der Waals surface area contributed by atoms with Crippen molar-refractivity contribution in [3.8, 4) is 16.9 Å². The van der Waals surface area contributed by atoms with Crippen LogP contribution in [0.3, 0.4) is 0 Å². The maximum Gasteiger partial charge on any atom is 0.377 e. The minimum atomic E-state index is 0.733. The topological polar surface area (TPSA) is 38.3 Å². The number of hydrogen-bond donors (Lipinski definition) is 1. The predicted octanol–water partition coefficient (Wildman–Crippen LogP) is 6.47. The van der Waals surface area contributed by atoms with Gasteiger partial charge in [-0.1, -0.05) is 60.7 Å². The number of rotatable bonds is 3. The van der Waals surface area contributed by atoms with Gasteiger partial charge in [-0.15, -0.1) is 0 Å². The summed E-state index contributed by atoms with van der Waals surface area (Å²) in [6, 6.07) is 24.9. The van der Waals surface area contributed by atoms with Crippen LogP contribution in [0, 0.1) is 0 Å². The van der Waals surface area contributed by atoms with Crippen molar-refractivity contribution in [2.75, 3.05) is 5.32 Å². The quantitative estimate of drug-likeness (QED) is 0.387. The maximum absolute atomic E-state index is 6.28. The molecule has 4 heteroatoms. The Morgan fingerprint density at radius 2 is 1.69 bits per heavy atom. The molecule has 0 atom stereocenters. The summed E-state index contributed by atoms with van der Waals surface area (Å²) in [7, 11) is 0. The summed E-state index contributed by atoms with van der Waals surface area (Å²) < 4.78 is 14.4. The first-order valence-corrected chi connectivity index (χ1v) is 11.0. The molecule has 0 spiro atoms. The molecule has 0 saturated heterocycles. The number of para-hydroxylation sites is 2. The van der Waals surface area contributed by atoms with Gasteiger partial charge in [0.15, 0.2) is 18.2 Å². The Labute approximate surface area is 186 Å². The number of fused-ring (bicyclic) bond motifs is 4. The van der Waals surface area contributed by atoms with Crippen molar-refractivity contribution >= 4 is 22.4 Å². The van der Waals surface area contributed by atoms with Crippen LogP contribution in [0.25, 0.3) is 27.8 Å². The molecule has 2 aliphatic heterocycles. The number of nitrogens with zero attached hydrogens (tertiary/aromatic N) is 1. The minimum Gasteiger partial charge on any atom is -0.439 e. The van der Waals surface area contributed by atoms with Crippen molar-refractivity contribution in [1.82, 2.24) is 0 Å². The lowest BCUT2D eigenvalue weighted by Crippen LogP contribution is -2.39. The van der Waals surface area contributed by atoms with Crippen LogP contribution in [0.2, 0.25) is 0 Å². The minimum absolute atomic E-state index is 0.733. The van der Waals surface area contributed by atoms with E-state index in [9.17, 15) is 0 Å². The second kappa shape index (κ2) is 7.89. The molecule has 0 bridgehead atoms. The molecular formula is C28H23N2O2+. The van der Waals surface area contributed by atoms with Gasteiger partial charge < -0.3 is 14.5 Å². The highest BCUT2D eigenvalue weighted by Gasteiger charge is 2.29. The van der Waals surface area contributed by atoms with Gasteiger partial charge in [0, 0.05) is 12.5 Å². The summed E-state index contributed by atoms with van der Waals surface area (Å²) >= 11 is 0. The van der Waals surface area contributed by atoms with Crippen LogP contribution in [0.5, 0.6) is 5.75 Å². The largest absolute Gasteiger partial charge is 0.439 e. The molecule has 6 rings (SSSR count). The van der Waals surface area contributed by atoms with E-state index in [1.54, 1.807) is 0 Å². The Kier molecular flexibility index (Phi) is 4.61. The van der Waals surface area contributed by atoms with Gasteiger partial charge >= 0.3 is 5.89 Å². The predicted molar refractivity (Wildman–Crippen MR) is 127 cm³/mol. The molecule has 0 amide bonds. The number of allylic oxidation sites excluding steroid dienone is 5. The lowest BCUT2D eigenvalue weighted by Gasteiger charge is -2.07. The number of nitrogens with one attached hydrogen (secondary N) is 1. The van der Waals surface area contributed by atoms with E-state index in [0.29, 0.717) is 0 Å². The highest BCUT2D eigenvalue weighted by molar-refractivity contribution is 5.79. The monoisotopic (exact) mass is 419 g/mol. The first kappa shape index (κ1) is 18.7. The SMILES string of the molecule is C(=CC=C1CCC[n+]2c1oc1ccc(-c3ccccc3)cc12)C=C1Nc2ccccc2O1. The zero-order chi connectivity index (χ0) is 21.3. The smallest absolute Gasteiger partial charge is 0.377 e. The average Bonchev–Trinajstić information content (AvgIpc) is 3.43. The van der Waals surface area contributed by atoms with Gasteiger partial charge in [-0.05, 0) is 47.9 Å². The van der Waals surface area contributed by atoms with E-state index in [4.69, 9.17) is 9.15 Å². The summed E-state index contributed by atoms with van der Waals surface area (Å²) in [5, 5.41) is 3.27. The molecule has 0 aliphatic carbocycles. The zero-order valence-electron chi connectivity index (χ0n) is 17.6. The van der Waals surface area contributed by atoms with E-state index in [1.807, 2.05) is 42.5 Å². The second-order valence-corrected chi connectivity index (χ2v) is 8.04. The van der Waals surface area contributed by atoms with Crippen molar-refractivity contribution in [3.05, 3.63) is 109 Å². The normalized spacial score (nSPS) is 17.5. The first-order valence-electron chi connectivity index (χ1n) is 11.0. The molecule has 0 saturated carbocycles. The molecule has 156 valence electrons. The zero-order valence-corrected chi connectivity index (χ0v) is 17.6. The Hall–Kier alpha value is -4.05. The van der Waals surface area contributed by atoms with E-state index < -0.39 is 0 Å². The summed E-state index contributed by atoms with van der Waals surface area (Å²) in [6.45, 7) is 0.974. The number of aryl methyl sites for hydroxylation is 1. The fourth-order valence-electron chi connectivity index (χ4n) is 4.37. The average molecular weight is 420 g/mol. The van der Waals surface area contributed by atoms with Crippen molar-refractivity contribution in [3.63, 3.8) is 0 Å². The van der Waals surface area contributed by atoms with Gasteiger partial charge in [0.2, 0.25) is 5.58 Å². The first-order chi connectivity index (χ1) is 15.8. The Morgan fingerprint density at radius 3 is 2.59 bits per heavy atom. The molecule has 0 unspecified atom stereocenters. The molecule has 0 fully saturated rings. The van der Waals surface area contributed by atoms with Gasteiger partial charge in [0.25, 0.3) is 5.52 Å². The summed E-state index contributed by atoms with van der Waals surface area (Å²) in [5.74, 6) is 2.55. The number of oxazole rings is 1. The summed E-state index contributed by atoms with van der Waals surface area (Å²) in [4.78, 5) is 0. The molecule has 4 aromatic rings. The third-order valence-corrected chi connectivity index (χ3v) is 5.93. The van der Waals surface area contributed by atoms with E-state index in [1.165, 1.54) is 16.7 Å². The van der Waals surface area contributed by atoms with Crippen LogP contribution >= 0.6 is 0 Å². The van der Waals surface area contributed by atoms with Gasteiger partial charge in [0.1, 0.15) is 0 Å². The Morgan fingerprint density at radius 1 is 0.844 bits per heavy atom. The number of benzene rings is 3. The third-order valence-electron chi connectivity index (χ3n) is 5.93. The third kappa shape index (κ3) is 3.40.